The van der Waals surface area contributed by atoms with Crippen molar-refractivity contribution in [1.29, 1.82) is 5.26 Å². The fourth-order valence-corrected chi connectivity index (χ4v) is 0.534. The molecule has 16 heavy (non-hydrogen) atoms. The van der Waals surface area contributed by atoms with Crippen LogP contribution in [0.4, 0.5) is 0 Å². The van der Waals surface area contributed by atoms with E-state index in [9.17, 15) is 0 Å². The van der Waals surface area contributed by atoms with Crippen LogP contribution in [0.5, 0.6) is 0 Å². The van der Waals surface area contributed by atoms with Crippen molar-refractivity contribution in [2.24, 2.45) is 0 Å². The van der Waals surface area contributed by atoms with E-state index in [1.54, 1.807) is 6.07 Å². The van der Waals surface area contributed by atoms with Gasteiger partial charge in [-0.3, -0.25) is 0 Å². The predicted molar refractivity (Wildman–Crippen MR) is 76.5 cm³/mol. The highest BCUT2D eigenvalue weighted by Gasteiger charge is 1.72. The Morgan fingerprint density at radius 2 is 1.06 bits per heavy atom. The molecule has 0 heterocycles. The van der Waals surface area contributed by atoms with Gasteiger partial charge in [-0.2, -0.15) is 5.26 Å². The van der Waals surface area contributed by atoms with Crippen LogP contribution in [0.3, 0.4) is 0 Å². The summed E-state index contributed by atoms with van der Waals surface area (Å²) in [5.41, 5.74) is 1.32. The highest BCUT2D eigenvalue weighted by atomic mass is 14.2. The molecule has 0 bridgehead atoms. The lowest BCUT2D eigenvalue weighted by Gasteiger charge is -1.82. The van der Waals surface area contributed by atoms with E-state index in [0.717, 1.165) is 0 Å². The number of hydrogen-bond acceptors (Lipinski definition) is 1. The lowest BCUT2D eigenvalue weighted by Crippen LogP contribution is -1.62. The minimum absolute atomic E-state index is 1.32. The van der Waals surface area contributed by atoms with E-state index in [1.165, 1.54) is 12.5 Å². The van der Waals surface area contributed by atoms with Gasteiger partial charge in [-0.1, -0.05) is 77.4 Å². The number of rotatable bonds is 0. The van der Waals surface area contributed by atoms with Crippen molar-refractivity contribution >= 4 is 0 Å². The predicted octanol–water partition coefficient (Wildman–Crippen LogP) is 5.60. The second-order valence-electron chi connectivity index (χ2n) is 1.88. The number of nitriles is 1. The van der Waals surface area contributed by atoms with Crippen LogP contribution in [0.2, 0.25) is 0 Å². The largest absolute Gasteiger partial charge is 0.199 e. The molecule has 0 atom stereocenters. The maximum absolute atomic E-state index is 7.32. The minimum atomic E-state index is 1.32. The van der Waals surface area contributed by atoms with Gasteiger partial charge in [0.25, 0.3) is 0 Å². The first-order valence-corrected chi connectivity index (χ1v) is 6.13. The molecule has 0 aliphatic carbocycles. The summed E-state index contributed by atoms with van der Waals surface area (Å²) in [5.74, 6) is 0. The van der Waals surface area contributed by atoms with Gasteiger partial charge in [0, 0.05) is 6.92 Å². The molecule has 0 aromatic heterocycles. The van der Waals surface area contributed by atoms with Crippen molar-refractivity contribution in [3.63, 3.8) is 0 Å². The Balaban J connectivity index is -0.0000000688. The summed E-state index contributed by atoms with van der Waals surface area (Å²) in [6.45, 7) is 15.5. The first-order chi connectivity index (χ1) is 7.81. The molecular weight excluding hydrogens is 194 g/mol. The lowest BCUT2D eigenvalue weighted by atomic mass is 10.2. The Morgan fingerprint density at radius 3 is 1.19 bits per heavy atom. The van der Waals surface area contributed by atoms with Gasteiger partial charge < -0.3 is 0 Å². The summed E-state index contributed by atoms with van der Waals surface area (Å²) in [4.78, 5) is 0. The van der Waals surface area contributed by atoms with Crippen LogP contribution in [0.25, 0.3) is 0 Å². The van der Waals surface area contributed by atoms with Gasteiger partial charge in [0.15, 0.2) is 0 Å². The maximum atomic E-state index is 7.32. The second-order valence-corrected chi connectivity index (χ2v) is 1.88. The Hall–Kier alpha value is -1.29. The summed E-state index contributed by atoms with van der Waals surface area (Å²) in [7, 11) is 0. The molecule has 0 fully saturated rings. The molecule has 0 amide bonds. The number of benzene rings is 1. The van der Waals surface area contributed by atoms with Crippen molar-refractivity contribution in [2.75, 3.05) is 0 Å². The molecule has 94 valence electrons. The van der Waals surface area contributed by atoms with E-state index in [2.05, 4.69) is 19.1 Å². The van der Waals surface area contributed by atoms with Gasteiger partial charge in [0.2, 0.25) is 0 Å². The van der Waals surface area contributed by atoms with Crippen molar-refractivity contribution in [3.8, 4) is 6.07 Å². The molecule has 0 aliphatic heterocycles. The number of hydrogen-bond donors (Lipinski definition) is 0. The zero-order chi connectivity index (χ0) is 13.8. The van der Waals surface area contributed by atoms with Gasteiger partial charge in [-0.25, -0.2) is 0 Å². The van der Waals surface area contributed by atoms with E-state index in [0.29, 0.717) is 0 Å². The van der Waals surface area contributed by atoms with Crippen molar-refractivity contribution < 1.29 is 0 Å². The third-order valence-electron chi connectivity index (χ3n) is 0.940. The monoisotopic (exact) mass is 223 g/mol. The highest BCUT2D eigenvalue weighted by molar-refractivity contribution is 5.11. The summed E-state index contributed by atoms with van der Waals surface area (Å²) in [6.07, 6.45) is 0. The smallest absolute Gasteiger partial charge is 0.0587 e. The normalized spacial score (nSPS) is 5.44. The zero-order valence-electron chi connectivity index (χ0n) is 12.3. The topological polar surface area (TPSA) is 23.8 Å². The summed E-state index contributed by atoms with van der Waals surface area (Å²) < 4.78 is 0. The summed E-state index contributed by atoms with van der Waals surface area (Å²) in [6, 6.07) is 12.0. The van der Waals surface area contributed by atoms with Crippen LogP contribution in [0, 0.1) is 18.3 Å². The molecular formula is C15H29N. The third-order valence-corrected chi connectivity index (χ3v) is 0.940. The van der Waals surface area contributed by atoms with Gasteiger partial charge in [0.1, 0.15) is 0 Å². The SMILES string of the molecule is CC.CC.CC.CC#N.Cc1ccccc1. The van der Waals surface area contributed by atoms with E-state index < -0.39 is 0 Å². The molecule has 0 unspecified atom stereocenters. The van der Waals surface area contributed by atoms with Crippen LogP contribution in [0.1, 0.15) is 54.0 Å². The third kappa shape index (κ3) is 38.7. The van der Waals surface area contributed by atoms with Crippen LogP contribution in [-0.2, 0) is 0 Å². The van der Waals surface area contributed by atoms with Gasteiger partial charge in [-0.05, 0) is 6.92 Å². The van der Waals surface area contributed by atoms with Gasteiger partial charge >= 0.3 is 0 Å². The van der Waals surface area contributed by atoms with Crippen LogP contribution in [0.15, 0.2) is 30.3 Å². The van der Waals surface area contributed by atoms with E-state index in [-0.39, 0.29) is 0 Å². The molecule has 1 aromatic rings. The summed E-state index contributed by atoms with van der Waals surface area (Å²) >= 11 is 0. The van der Waals surface area contributed by atoms with Crippen LogP contribution >= 0.6 is 0 Å². The zero-order valence-corrected chi connectivity index (χ0v) is 12.3. The fraction of sp³-hybridized carbons (Fsp3) is 0.533. The van der Waals surface area contributed by atoms with Crippen molar-refractivity contribution in [2.45, 2.75) is 55.4 Å². The minimum Gasteiger partial charge on any atom is -0.199 e. The number of aryl methyl sites for hydroxylation is 1. The number of nitrogens with zero attached hydrogens (tertiary/aromatic N) is 1. The lowest BCUT2D eigenvalue weighted by molar-refractivity contribution is 1.48. The van der Waals surface area contributed by atoms with Crippen molar-refractivity contribution in [3.05, 3.63) is 35.9 Å². The standard InChI is InChI=1S/C7H8.C2H3N.3C2H6/c1-7-5-3-2-4-6-7;1-2-3;3*1-2/h2-6H,1H3;1H3;3*1-2H3. The van der Waals surface area contributed by atoms with E-state index in [4.69, 9.17) is 5.26 Å². The maximum Gasteiger partial charge on any atom is 0.0587 e. The summed E-state index contributed by atoms with van der Waals surface area (Å²) in [5, 5.41) is 7.32. The molecule has 0 N–H and O–H groups in total. The fourth-order valence-electron chi connectivity index (χ4n) is 0.534. The Morgan fingerprint density at radius 1 is 0.812 bits per heavy atom. The van der Waals surface area contributed by atoms with E-state index >= 15 is 0 Å². The van der Waals surface area contributed by atoms with Crippen LogP contribution in [-0.4, -0.2) is 0 Å². The second kappa shape index (κ2) is 37.3. The molecule has 1 heteroatoms. The molecule has 1 rings (SSSR count). The molecule has 0 saturated heterocycles. The highest BCUT2D eigenvalue weighted by Crippen LogP contribution is 1.92. The van der Waals surface area contributed by atoms with Gasteiger partial charge in [0.05, 0.1) is 6.07 Å². The quantitative estimate of drug-likeness (QED) is 0.561. The molecule has 0 aliphatic rings. The molecule has 0 radical (unpaired) electrons. The Labute approximate surface area is 103 Å². The Kier molecular flexibility index (Phi) is 56.1. The molecule has 1 aromatic carbocycles. The molecule has 1 nitrogen and oxygen atoms in total. The van der Waals surface area contributed by atoms with Crippen molar-refractivity contribution in [1.82, 2.24) is 0 Å². The average Bonchev–Trinajstić information content (AvgIpc) is 2.38. The first kappa shape index (κ1) is 24.1. The van der Waals surface area contributed by atoms with Crippen LogP contribution < -0.4 is 0 Å². The van der Waals surface area contributed by atoms with E-state index in [1.807, 2.05) is 59.7 Å². The molecule has 0 saturated carbocycles. The Bertz CT molecular complexity index is 196. The first-order valence-electron chi connectivity index (χ1n) is 6.13. The molecule has 0 spiro atoms. The van der Waals surface area contributed by atoms with Gasteiger partial charge in [-0.15, -0.1) is 0 Å². The average molecular weight is 223 g/mol.